The maximum Gasteiger partial charge on any atom is 0.392 e. The Labute approximate surface area is 179 Å². The van der Waals surface area contributed by atoms with Gasteiger partial charge in [0.25, 0.3) is 0 Å². The maximum atomic E-state index is 12.3. The summed E-state index contributed by atoms with van der Waals surface area (Å²) in [6, 6.07) is 14.6. The van der Waals surface area contributed by atoms with E-state index in [1.807, 2.05) is 55.2 Å². The number of hydrogen-bond donors (Lipinski definition) is 0. The highest BCUT2D eigenvalue weighted by molar-refractivity contribution is 5.95. The van der Waals surface area contributed by atoms with E-state index < -0.39 is 25.2 Å². The summed E-state index contributed by atoms with van der Waals surface area (Å²) < 4.78 is 41.7. The number of para-hydroxylation sites is 1. The fraction of sp³-hybridized carbons (Fsp3) is 0.304. The Bertz CT molecular complexity index is 972. The third kappa shape index (κ3) is 5.45. The lowest BCUT2D eigenvalue weighted by atomic mass is 10.1. The topological polar surface area (TPSA) is 45.1 Å². The van der Waals surface area contributed by atoms with E-state index in [0.717, 1.165) is 22.9 Å². The number of ether oxygens (including phenoxy) is 1. The molecule has 0 fully saturated rings. The van der Waals surface area contributed by atoms with Gasteiger partial charge in [-0.1, -0.05) is 18.2 Å². The van der Waals surface area contributed by atoms with E-state index >= 15 is 0 Å². The number of fused-ring (bicyclic) bond motifs is 1. The van der Waals surface area contributed by atoms with Crippen LogP contribution in [0.4, 0.5) is 30.2 Å². The van der Waals surface area contributed by atoms with Gasteiger partial charge in [0.1, 0.15) is 12.4 Å². The van der Waals surface area contributed by atoms with Crippen molar-refractivity contribution in [2.75, 3.05) is 29.5 Å². The van der Waals surface area contributed by atoms with Crippen molar-refractivity contribution in [1.29, 1.82) is 0 Å². The van der Waals surface area contributed by atoms with Gasteiger partial charge in [-0.2, -0.15) is 13.2 Å². The van der Waals surface area contributed by atoms with Crippen molar-refractivity contribution in [2.45, 2.75) is 26.4 Å². The van der Waals surface area contributed by atoms with E-state index in [1.54, 1.807) is 24.4 Å². The number of nitrogens with zero attached hydrogens (tertiary/aromatic N) is 3. The van der Waals surface area contributed by atoms with Crippen molar-refractivity contribution < 1.29 is 22.7 Å². The zero-order valence-electron chi connectivity index (χ0n) is 17.4. The first-order valence-corrected chi connectivity index (χ1v) is 10.1. The summed E-state index contributed by atoms with van der Waals surface area (Å²) in [5.74, 6) is 0.136. The molecule has 1 aliphatic rings. The first-order valence-electron chi connectivity index (χ1n) is 10.1. The van der Waals surface area contributed by atoms with Gasteiger partial charge < -0.3 is 14.5 Å². The predicted molar refractivity (Wildman–Crippen MR) is 116 cm³/mol. The summed E-state index contributed by atoms with van der Waals surface area (Å²) in [4.78, 5) is 20.8. The number of hydrogen-bond acceptors (Lipinski definition) is 5. The van der Waals surface area contributed by atoms with E-state index in [9.17, 15) is 18.0 Å². The summed E-state index contributed by atoms with van der Waals surface area (Å²) in [7, 11) is 0. The second-order valence-electron chi connectivity index (χ2n) is 6.83. The summed E-state index contributed by atoms with van der Waals surface area (Å²) in [5, 5.41) is 0. The van der Waals surface area contributed by atoms with Crippen LogP contribution in [0.25, 0.3) is 0 Å². The number of alkyl halides is 3. The smallest absolute Gasteiger partial charge is 0.392 e. The normalized spacial score (nSPS) is 15.1. The van der Waals surface area contributed by atoms with Crippen LogP contribution in [0.3, 0.4) is 0 Å². The lowest BCUT2D eigenvalue weighted by Gasteiger charge is -2.22. The molecule has 2 aromatic carbocycles. The minimum Gasteiger partial charge on any atom is -0.462 e. The van der Waals surface area contributed by atoms with Crippen LogP contribution >= 0.6 is 0 Å². The van der Waals surface area contributed by atoms with Gasteiger partial charge in [-0.05, 0) is 50.3 Å². The number of halogens is 3. The van der Waals surface area contributed by atoms with Crippen LogP contribution < -0.4 is 9.80 Å². The Hall–Kier alpha value is -3.29. The molecule has 0 unspecified atom stereocenters. The van der Waals surface area contributed by atoms with Crippen LogP contribution in [0.2, 0.25) is 0 Å². The van der Waals surface area contributed by atoms with Crippen molar-refractivity contribution in [1.82, 2.24) is 0 Å². The number of allylic oxidation sites excluding steroid dienone is 1. The number of carbonyl (C=O) groups is 1. The van der Waals surface area contributed by atoms with Crippen molar-refractivity contribution in [3.63, 3.8) is 0 Å². The third-order valence-electron chi connectivity index (χ3n) is 4.80. The van der Waals surface area contributed by atoms with Crippen molar-refractivity contribution in [3.8, 4) is 0 Å². The number of benzene rings is 2. The molecule has 0 radical (unpaired) electrons. The number of anilines is 2. The predicted octanol–water partition coefficient (Wildman–Crippen LogP) is 5.71. The first-order chi connectivity index (χ1) is 14.8. The van der Waals surface area contributed by atoms with E-state index in [1.165, 1.54) is 0 Å². The fourth-order valence-electron chi connectivity index (χ4n) is 3.38. The monoisotopic (exact) mass is 431 g/mol. The highest BCUT2D eigenvalue weighted by atomic mass is 19.4. The van der Waals surface area contributed by atoms with E-state index in [2.05, 4.69) is 9.89 Å². The first kappa shape index (κ1) is 22.4. The van der Waals surface area contributed by atoms with Gasteiger partial charge in [-0.3, -0.25) is 4.99 Å². The van der Waals surface area contributed by atoms with Gasteiger partial charge in [0.15, 0.2) is 0 Å². The minimum atomic E-state index is -4.36. The average molecular weight is 431 g/mol. The second kappa shape index (κ2) is 9.68. The van der Waals surface area contributed by atoms with E-state index in [-0.39, 0.29) is 5.56 Å². The lowest BCUT2D eigenvalue weighted by molar-refractivity contribution is -0.141. The lowest BCUT2D eigenvalue weighted by Crippen LogP contribution is -2.28. The number of aliphatic imine (C=N–C) groups is 1. The molecule has 0 saturated carbocycles. The zero-order chi connectivity index (χ0) is 22.4. The molecular weight excluding hydrogens is 407 g/mol. The zero-order valence-corrected chi connectivity index (χ0v) is 17.4. The summed E-state index contributed by atoms with van der Waals surface area (Å²) in [5.41, 5.74) is 2.77. The van der Waals surface area contributed by atoms with Crippen LogP contribution in [0.15, 0.2) is 65.4 Å². The third-order valence-corrected chi connectivity index (χ3v) is 4.80. The van der Waals surface area contributed by atoms with E-state index in [0.29, 0.717) is 13.1 Å². The van der Waals surface area contributed by atoms with Crippen LogP contribution in [-0.4, -0.2) is 38.1 Å². The average Bonchev–Trinajstić information content (AvgIpc) is 3.05. The molecule has 0 bridgehead atoms. The highest BCUT2D eigenvalue weighted by Crippen LogP contribution is 2.41. The molecule has 0 amide bonds. The Morgan fingerprint density at radius 3 is 2.35 bits per heavy atom. The summed E-state index contributed by atoms with van der Waals surface area (Å²) in [6.45, 7) is 4.65. The molecule has 5 nitrogen and oxygen atoms in total. The van der Waals surface area contributed by atoms with Crippen LogP contribution in [0.1, 0.15) is 30.6 Å². The number of rotatable bonds is 7. The molecular formula is C23H24F3N3O2. The molecule has 0 aliphatic carbocycles. The van der Waals surface area contributed by atoms with Crippen LogP contribution in [-0.2, 0) is 4.74 Å². The quantitative estimate of drug-likeness (QED) is 0.416. The molecule has 3 rings (SSSR count). The Morgan fingerprint density at radius 1 is 1.03 bits per heavy atom. The maximum absolute atomic E-state index is 12.3. The molecule has 0 saturated heterocycles. The molecule has 164 valence electrons. The van der Waals surface area contributed by atoms with Crippen molar-refractivity contribution in [2.24, 2.45) is 4.99 Å². The highest BCUT2D eigenvalue weighted by Gasteiger charge is 2.31. The molecule has 0 atom stereocenters. The molecule has 0 N–H and O–H groups in total. The van der Waals surface area contributed by atoms with Gasteiger partial charge in [-0.25, -0.2) is 4.79 Å². The standard InChI is InChI=1S/C23H24F3N3O2/c1-3-28-19-11-10-17(22(30)31-15-13-23(24,25)26)16-20(19)29(4-2)21(28)12-14-27-18-8-6-5-7-9-18/h5-12,14,16H,3-4,13,15H2,1-2H3/b21-12+,27-14?. The molecule has 8 heteroatoms. The number of carbonyl (C=O) groups excluding carboxylic acids is 1. The van der Waals surface area contributed by atoms with Gasteiger partial charge >= 0.3 is 12.1 Å². The van der Waals surface area contributed by atoms with Crippen molar-refractivity contribution in [3.05, 3.63) is 66.0 Å². The SMILES string of the molecule is CCN1/C(=C\C=Nc2ccccc2)N(CC)c2cc(C(=O)OCCC(F)(F)F)ccc21. The van der Waals surface area contributed by atoms with Gasteiger partial charge in [0, 0.05) is 19.3 Å². The Kier molecular flexibility index (Phi) is 6.99. The van der Waals surface area contributed by atoms with Crippen LogP contribution in [0.5, 0.6) is 0 Å². The molecule has 1 heterocycles. The molecule has 0 spiro atoms. The second-order valence-corrected chi connectivity index (χ2v) is 6.83. The number of esters is 1. The minimum absolute atomic E-state index is 0.217. The fourth-order valence-corrected chi connectivity index (χ4v) is 3.38. The van der Waals surface area contributed by atoms with Gasteiger partial charge in [0.2, 0.25) is 0 Å². The summed E-state index contributed by atoms with van der Waals surface area (Å²) >= 11 is 0. The Balaban J connectivity index is 1.82. The Morgan fingerprint density at radius 2 is 1.71 bits per heavy atom. The van der Waals surface area contributed by atoms with E-state index in [4.69, 9.17) is 4.74 Å². The van der Waals surface area contributed by atoms with Crippen molar-refractivity contribution >= 4 is 29.2 Å². The molecule has 2 aromatic rings. The van der Waals surface area contributed by atoms with Gasteiger partial charge in [0.05, 0.1) is 29.0 Å². The molecule has 1 aliphatic heterocycles. The summed E-state index contributed by atoms with van der Waals surface area (Å²) in [6.07, 6.45) is -1.89. The molecule has 0 aromatic heterocycles. The largest absolute Gasteiger partial charge is 0.462 e. The molecule has 31 heavy (non-hydrogen) atoms. The van der Waals surface area contributed by atoms with Gasteiger partial charge in [-0.15, -0.1) is 0 Å². The van der Waals surface area contributed by atoms with Crippen LogP contribution in [0, 0.1) is 0 Å².